The first-order valence-electron chi connectivity index (χ1n) is 8.08. The summed E-state index contributed by atoms with van der Waals surface area (Å²) in [5, 5.41) is 3.45. The van der Waals surface area contributed by atoms with E-state index in [2.05, 4.69) is 28.5 Å². The van der Waals surface area contributed by atoms with E-state index < -0.39 is 0 Å². The van der Waals surface area contributed by atoms with E-state index in [1.807, 2.05) is 0 Å². The lowest BCUT2D eigenvalue weighted by molar-refractivity contribution is 0.580. The Morgan fingerprint density at radius 2 is 2.05 bits per heavy atom. The summed E-state index contributed by atoms with van der Waals surface area (Å²) in [7, 11) is 0. The molecule has 2 aliphatic rings. The molecule has 0 radical (unpaired) electrons. The molecule has 2 fully saturated rings. The topological polar surface area (TPSA) is 40.7 Å². The maximum absolute atomic E-state index is 4.80. The number of rotatable bonds is 3. The molecule has 2 heterocycles. The highest BCUT2D eigenvalue weighted by Crippen LogP contribution is 2.33. The highest BCUT2D eigenvalue weighted by Gasteiger charge is 2.20. The standard InChI is InChI=1S/C17H23N3/c1-2-4-14(3-1)17-19-15-6-5-12(10-16(15)20-17)9-13-7-8-18-11-13/h5-6,10,13-14,18H,1-4,7-9,11H2,(H,19,20). The smallest absolute Gasteiger partial charge is 0.110 e. The normalized spacial score (nSPS) is 23.9. The van der Waals surface area contributed by atoms with Crippen LogP contribution in [0.15, 0.2) is 18.2 Å². The Morgan fingerprint density at radius 3 is 2.85 bits per heavy atom. The maximum Gasteiger partial charge on any atom is 0.110 e. The minimum atomic E-state index is 0.671. The third-order valence-corrected chi connectivity index (χ3v) is 4.99. The second-order valence-corrected chi connectivity index (χ2v) is 6.52. The quantitative estimate of drug-likeness (QED) is 0.897. The highest BCUT2D eigenvalue weighted by atomic mass is 14.9. The molecule has 1 aromatic carbocycles. The molecule has 1 aliphatic heterocycles. The van der Waals surface area contributed by atoms with Crippen molar-refractivity contribution in [2.24, 2.45) is 5.92 Å². The van der Waals surface area contributed by atoms with Crippen LogP contribution in [0.5, 0.6) is 0 Å². The van der Waals surface area contributed by atoms with Crippen LogP contribution >= 0.6 is 0 Å². The summed E-state index contributed by atoms with van der Waals surface area (Å²) in [6.07, 6.45) is 7.85. The Kier molecular flexibility index (Phi) is 3.23. The Morgan fingerprint density at radius 1 is 1.15 bits per heavy atom. The molecule has 1 saturated heterocycles. The summed E-state index contributed by atoms with van der Waals surface area (Å²) in [5.74, 6) is 2.70. The van der Waals surface area contributed by atoms with E-state index in [0.717, 1.165) is 11.4 Å². The van der Waals surface area contributed by atoms with Gasteiger partial charge in [0.2, 0.25) is 0 Å². The zero-order valence-corrected chi connectivity index (χ0v) is 12.0. The maximum atomic E-state index is 4.80. The fourth-order valence-corrected chi connectivity index (χ4v) is 3.82. The first-order valence-corrected chi connectivity index (χ1v) is 8.08. The van der Waals surface area contributed by atoms with Gasteiger partial charge >= 0.3 is 0 Å². The zero-order valence-electron chi connectivity index (χ0n) is 12.0. The van der Waals surface area contributed by atoms with Gasteiger partial charge in [-0.25, -0.2) is 4.98 Å². The first kappa shape index (κ1) is 12.4. The van der Waals surface area contributed by atoms with Crippen LogP contribution in [0.1, 0.15) is 49.4 Å². The number of hydrogen-bond acceptors (Lipinski definition) is 2. The number of benzene rings is 1. The van der Waals surface area contributed by atoms with Crippen LogP contribution in [-0.2, 0) is 6.42 Å². The van der Waals surface area contributed by atoms with Crippen molar-refractivity contribution >= 4 is 11.0 Å². The first-order chi connectivity index (χ1) is 9.88. The van der Waals surface area contributed by atoms with Crippen molar-refractivity contribution in [2.45, 2.75) is 44.4 Å². The van der Waals surface area contributed by atoms with Gasteiger partial charge in [-0.15, -0.1) is 0 Å². The lowest BCUT2D eigenvalue weighted by Gasteiger charge is -2.07. The largest absolute Gasteiger partial charge is 0.342 e. The second kappa shape index (κ2) is 5.21. The Bertz CT molecular complexity index is 589. The molecule has 1 saturated carbocycles. The molecule has 1 atom stereocenters. The van der Waals surface area contributed by atoms with E-state index >= 15 is 0 Å². The Hall–Kier alpha value is -1.35. The van der Waals surface area contributed by atoms with Crippen molar-refractivity contribution in [1.82, 2.24) is 15.3 Å². The Labute approximate surface area is 120 Å². The molecule has 20 heavy (non-hydrogen) atoms. The number of nitrogens with one attached hydrogen (secondary N) is 2. The van der Waals surface area contributed by atoms with Gasteiger partial charge in [-0.2, -0.15) is 0 Å². The van der Waals surface area contributed by atoms with Crippen molar-refractivity contribution in [1.29, 1.82) is 0 Å². The molecule has 0 amide bonds. The van der Waals surface area contributed by atoms with Gasteiger partial charge in [-0.1, -0.05) is 18.9 Å². The number of imidazole rings is 1. The van der Waals surface area contributed by atoms with Crippen molar-refractivity contribution < 1.29 is 0 Å². The van der Waals surface area contributed by atoms with Crippen LogP contribution in [0.25, 0.3) is 11.0 Å². The molecule has 1 unspecified atom stereocenters. The van der Waals surface area contributed by atoms with Gasteiger partial charge in [0.15, 0.2) is 0 Å². The van der Waals surface area contributed by atoms with Crippen molar-refractivity contribution in [3.05, 3.63) is 29.6 Å². The fraction of sp³-hybridized carbons (Fsp3) is 0.588. The molecule has 106 valence electrons. The molecule has 1 aromatic heterocycles. The number of fused-ring (bicyclic) bond motifs is 1. The van der Waals surface area contributed by atoms with Gasteiger partial charge in [-0.3, -0.25) is 0 Å². The van der Waals surface area contributed by atoms with E-state index in [1.165, 1.54) is 68.5 Å². The molecule has 0 bridgehead atoms. The van der Waals surface area contributed by atoms with Crippen LogP contribution in [0, 0.1) is 5.92 Å². The zero-order chi connectivity index (χ0) is 13.4. The summed E-state index contributed by atoms with van der Waals surface area (Å²) < 4.78 is 0. The van der Waals surface area contributed by atoms with E-state index in [0.29, 0.717) is 5.92 Å². The van der Waals surface area contributed by atoms with Crippen LogP contribution in [0.2, 0.25) is 0 Å². The van der Waals surface area contributed by atoms with E-state index in [4.69, 9.17) is 4.98 Å². The molecule has 2 N–H and O–H groups in total. The summed E-state index contributed by atoms with van der Waals surface area (Å²) in [5.41, 5.74) is 3.82. The molecule has 3 heteroatoms. The number of nitrogens with zero attached hydrogens (tertiary/aromatic N) is 1. The molecule has 3 nitrogen and oxygen atoms in total. The van der Waals surface area contributed by atoms with Gasteiger partial charge in [0.05, 0.1) is 11.0 Å². The van der Waals surface area contributed by atoms with E-state index in [-0.39, 0.29) is 0 Å². The monoisotopic (exact) mass is 269 g/mol. The number of H-pyrrole nitrogens is 1. The van der Waals surface area contributed by atoms with Gasteiger partial charge in [-0.05, 0) is 62.4 Å². The van der Waals surface area contributed by atoms with Crippen molar-refractivity contribution in [2.75, 3.05) is 13.1 Å². The van der Waals surface area contributed by atoms with Crippen LogP contribution in [0.3, 0.4) is 0 Å². The summed E-state index contributed by atoms with van der Waals surface area (Å²) in [6.45, 7) is 2.36. The van der Waals surface area contributed by atoms with Crippen LogP contribution < -0.4 is 5.32 Å². The third kappa shape index (κ3) is 2.35. The van der Waals surface area contributed by atoms with Gasteiger partial charge in [0, 0.05) is 5.92 Å². The predicted molar refractivity (Wildman–Crippen MR) is 82.0 cm³/mol. The Balaban J connectivity index is 1.58. The summed E-state index contributed by atoms with van der Waals surface area (Å²) in [4.78, 5) is 8.38. The van der Waals surface area contributed by atoms with Crippen molar-refractivity contribution in [3.8, 4) is 0 Å². The molecule has 2 aromatic rings. The average Bonchev–Trinajstić information content (AvgIpc) is 3.19. The number of hydrogen-bond donors (Lipinski definition) is 2. The second-order valence-electron chi connectivity index (χ2n) is 6.52. The number of aromatic amines is 1. The van der Waals surface area contributed by atoms with Crippen LogP contribution in [-0.4, -0.2) is 23.1 Å². The lowest BCUT2D eigenvalue weighted by Crippen LogP contribution is -2.10. The lowest BCUT2D eigenvalue weighted by atomic mass is 9.98. The molecule has 0 spiro atoms. The van der Waals surface area contributed by atoms with Crippen molar-refractivity contribution in [3.63, 3.8) is 0 Å². The molecule has 4 rings (SSSR count). The number of aromatic nitrogens is 2. The van der Waals surface area contributed by atoms with E-state index in [9.17, 15) is 0 Å². The average molecular weight is 269 g/mol. The molecule has 1 aliphatic carbocycles. The van der Waals surface area contributed by atoms with E-state index in [1.54, 1.807) is 0 Å². The molecular formula is C17H23N3. The molecular weight excluding hydrogens is 246 g/mol. The minimum absolute atomic E-state index is 0.671. The highest BCUT2D eigenvalue weighted by molar-refractivity contribution is 5.76. The van der Waals surface area contributed by atoms with Gasteiger partial charge in [0.1, 0.15) is 5.82 Å². The summed E-state index contributed by atoms with van der Waals surface area (Å²) in [6, 6.07) is 6.78. The predicted octanol–water partition coefficient (Wildman–Crippen LogP) is 3.37. The minimum Gasteiger partial charge on any atom is -0.342 e. The van der Waals surface area contributed by atoms with Crippen LogP contribution in [0.4, 0.5) is 0 Å². The van der Waals surface area contributed by atoms with Gasteiger partial charge in [0.25, 0.3) is 0 Å². The SMILES string of the molecule is c1cc2nc(C3CCCC3)[nH]c2cc1CC1CCNC1. The summed E-state index contributed by atoms with van der Waals surface area (Å²) >= 11 is 0. The third-order valence-electron chi connectivity index (χ3n) is 4.99. The fourth-order valence-electron chi connectivity index (χ4n) is 3.82. The van der Waals surface area contributed by atoms with Gasteiger partial charge < -0.3 is 10.3 Å².